The molecular formula is C26H34O4. The zero-order valence-corrected chi connectivity index (χ0v) is 18.2. The minimum absolute atomic E-state index is 0.193. The normalized spacial score (nSPS) is 11.8. The summed E-state index contributed by atoms with van der Waals surface area (Å²) >= 11 is 0. The molecule has 2 rings (SSSR count). The van der Waals surface area contributed by atoms with Gasteiger partial charge < -0.3 is 9.47 Å². The van der Waals surface area contributed by atoms with Crippen LogP contribution in [0, 0.1) is 5.92 Å². The van der Waals surface area contributed by atoms with Gasteiger partial charge in [0, 0.05) is 12.8 Å². The summed E-state index contributed by atoms with van der Waals surface area (Å²) in [6, 6.07) is 19.4. The van der Waals surface area contributed by atoms with Crippen molar-refractivity contribution in [3.63, 3.8) is 0 Å². The molecule has 0 aromatic heterocycles. The van der Waals surface area contributed by atoms with E-state index < -0.39 is 6.10 Å². The molecule has 0 amide bonds. The van der Waals surface area contributed by atoms with Crippen LogP contribution < -0.4 is 0 Å². The monoisotopic (exact) mass is 410 g/mol. The van der Waals surface area contributed by atoms with E-state index in [1.165, 1.54) is 0 Å². The standard InChI is InChI=1S/C26H34O4/c1-3-5-13-21(4-2)20-29-24(27)18-12-19-25(28)30-26(22-14-8-6-9-15-22)23-16-10-7-11-17-23/h6-11,14-17,21,26H,3-5,12-13,18-20H2,1-2H3. The predicted molar refractivity (Wildman–Crippen MR) is 119 cm³/mol. The molecule has 4 nitrogen and oxygen atoms in total. The summed E-state index contributed by atoms with van der Waals surface area (Å²) in [6.45, 7) is 4.77. The van der Waals surface area contributed by atoms with Gasteiger partial charge in [-0.2, -0.15) is 0 Å². The Labute approximate surface area is 180 Å². The maximum Gasteiger partial charge on any atom is 0.306 e. The molecule has 0 radical (unpaired) electrons. The second-order valence-electron chi connectivity index (χ2n) is 7.64. The molecule has 0 aliphatic carbocycles. The van der Waals surface area contributed by atoms with E-state index in [1.807, 2.05) is 60.7 Å². The SMILES string of the molecule is CCCCC(CC)COC(=O)CCCC(=O)OC(c1ccccc1)c1ccccc1. The lowest BCUT2D eigenvalue weighted by Crippen LogP contribution is -2.15. The predicted octanol–water partition coefficient (Wildman–Crippen LogP) is 6.25. The van der Waals surface area contributed by atoms with Gasteiger partial charge in [0.2, 0.25) is 0 Å². The summed E-state index contributed by atoms with van der Waals surface area (Å²) < 4.78 is 11.2. The number of ether oxygens (including phenoxy) is 2. The summed E-state index contributed by atoms with van der Waals surface area (Å²) in [4.78, 5) is 24.4. The van der Waals surface area contributed by atoms with Crippen molar-refractivity contribution in [2.75, 3.05) is 6.61 Å². The summed E-state index contributed by atoms with van der Waals surface area (Å²) in [7, 11) is 0. The first-order chi connectivity index (χ1) is 14.6. The Kier molecular flexibility index (Phi) is 10.7. The molecule has 4 heteroatoms. The van der Waals surface area contributed by atoms with Crippen LogP contribution in [0.1, 0.15) is 76.0 Å². The van der Waals surface area contributed by atoms with Crippen molar-refractivity contribution < 1.29 is 19.1 Å². The molecule has 1 atom stereocenters. The highest BCUT2D eigenvalue weighted by Gasteiger charge is 2.19. The van der Waals surface area contributed by atoms with Crippen molar-refractivity contribution in [3.8, 4) is 0 Å². The van der Waals surface area contributed by atoms with Crippen molar-refractivity contribution >= 4 is 11.9 Å². The van der Waals surface area contributed by atoms with Gasteiger partial charge in [0.1, 0.15) is 0 Å². The molecule has 0 heterocycles. The van der Waals surface area contributed by atoms with Crippen molar-refractivity contribution in [2.24, 2.45) is 5.92 Å². The van der Waals surface area contributed by atoms with Gasteiger partial charge in [-0.05, 0) is 29.9 Å². The number of rotatable bonds is 13. The highest BCUT2D eigenvalue weighted by molar-refractivity contribution is 5.73. The fourth-order valence-corrected chi connectivity index (χ4v) is 3.33. The summed E-state index contributed by atoms with van der Waals surface area (Å²) in [5, 5.41) is 0. The number of benzene rings is 2. The average Bonchev–Trinajstić information content (AvgIpc) is 2.79. The smallest absolute Gasteiger partial charge is 0.306 e. The first-order valence-corrected chi connectivity index (χ1v) is 11.1. The number of carbonyl (C=O) groups is 2. The van der Waals surface area contributed by atoms with E-state index in [2.05, 4.69) is 13.8 Å². The van der Waals surface area contributed by atoms with Crippen molar-refractivity contribution in [1.82, 2.24) is 0 Å². The van der Waals surface area contributed by atoms with Crippen LogP contribution in [0.4, 0.5) is 0 Å². The first-order valence-electron chi connectivity index (χ1n) is 11.1. The molecule has 0 N–H and O–H groups in total. The Morgan fingerprint density at radius 2 is 1.37 bits per heavy atom. The van der Waals surface area contributed by atoms with Gasteiger partial charge in [0.05, 0.1) is 6.61 Å². The highest BCUT2D eigenvalue weighted by atomic mass is 16.5. The van der Waals surface area contributed by atoms with E-state index in [9.17, 15) is 9.59 Å². The van der Waals surface area contributed by atoms with E-state index in [-0.39, 0.29) is 24.8 Å². The van der Waals surface area contributed by atoms with Gasteiger partial charge in [-0.1, -0.05) is 93.8 Å². The van der Waals surface area contributed by atoms with Crippen LogP contribution in [0.3, 0.4) is 0 Å². The van der Waals surface area contributed by atoms with E-state index in [0.717, 1.165) is 36.8 Å². The average molecular weight is 411 g/mol. The van der Waals surface area contributed by atoms with E-state index >= 15 is 0 Å². The van der Waals surface area contributed by atoms with Crippen molar-refractivity contribution in [2.45, 2.75) is 64.9 Å². The third-order valence-corrected chi connectivity index (χ3v) is 5.24. The maximum absolute atomic E-state index is 12.4. The Morgan fingerprint density at radius 3 is 1.90 bits per heavy atom. The van der Waals surface area contributed by atoms with Gasteiger partial charge in [0.15, 0.2) is 6.10 Å². The van der Waals surface area contributed by atoms with E-state index in [1.54, 1.807) is 0 Å². The quantitative estimate of drug-likeness (QED) is 0.366. The van der Waals surface area contributed by atoms with Crippen LogP contribution in [-0.4, -0.2) is 18.5 Å². The second kappa shape index (κ2) is 13.6. The highest BCUT2D eigenvalue weighted by Crippen LogP contribution is 2.26. The minimum atomic E-state index is -0.448. The van der Waals surface area contributed by atoms with Crippen LogP contribution >= 0.6 is 0 Å². The van der Waals surface area contributed by atoms with Crippen LogP contribution in [0.2, 0.25) is 0 Å². The topological polar surface area (TPSA) is 52.6 Å². The number of hydrogen-bond acceptors (Lipinski definition) is 4. The third kappa shape index (κ3) is 8.40. The fourth-order valence-electron chi connectivity index (χ4n) is 3.33. The fraction of sp³-hybridized carbons (Fsp3) is 0.462. The van der Waals surface area contributed by atoms with Crippen molar-refractivity contribution in [3.05, 3.63) is 71.8 Å². The van der Waals surface area contributed by atoms with Crippen molar-refractivity contribution in [1.29, 1.82) is 0 Å². The van der Waals surface area contributed by atoms with Crippen LogP contribution in [0.25, 0.3) is 0 Å². The number of hydrogen-bond donors (Lipinski definition) is 0. The zero-order valence-electron chi connectivity index (χ0n) is 18.2. The largest absolute Gasteiger partial charge is 0.465 e. The first kappa shape index (κ1) is 23.7. The van der Waals surface area contributed by atoms with Gasteiger partial charge in [-0.3, -0.25) is 9.59 Å². The Hall–Kier alpha value is -2.62. The molecule has 0 saturated carbocycles. The number of esters is 2. The molecule has 2 aromatic carbocycles. The summed E-state index contributed by atoms with van der Waals surface area (Å²) in [5.74, 6) is -0.119. The van der Waals surface area contributed by atoms with E-state index in [4.69, 9.17) is 9.47 Å². The van der Waals surface area contributed by atoms with Crippen LogP contribution in [0.5, 0.6) is 0 Å². The molecule has 0 saturated heterocycles. The van der Waals surface area contributed by atoms with Gasteiger partial charge in [-0.25, -0.2) is 0 Å². The van der Waals surface area contributed by atoms with Gasteiger partial charge >= 0.3 is 11.9 Å². The minimum Gasteiger partial charge on any atom is -0.465 e. The molecule has 0 fully saturated rings. The Bertz CT molecular complexity index is 703. The molecule has 162 valence electrons. The lowest BCUT2D eigenvalue weighted by atomic mass is 10.0. The lowest BCUT2D eigenvalue weighted by Gasteiger charge is -2.19. The third-order valence-electron chi connectivity index (χ3n) is 5.24. The zero-order chi connectivity index (χ0) is 21.6. The maximum atomic E-state index is 12.4. The molecule has 0 spiro atoms. The summed E-state index contributed by atoms with van der Waals surface area (Å²) in [6.07, 6.45) is 4.83. The van der Waals surface area contributed by atoms with E-state index in [0.29, 0.717) is 18.9 Å². The molecule has 2 aromatic rings. The molecule has 0 bridgehead atoms. The van der Waals surface area contributed by atoms with Gasteiger partial charge in [-0.15, -0.1) is 0 Å². The Morgan fingerprint density at radius 1 is 0.800 bits per heavy atom. The number of carbonyl (C=O) groups excluding carboxylic acids is 2. The molecule has 0 aliphatic rings. The molecule has 30 heavy (non-hydrogen) atoms. The lowest BCUT2D eigenvalue weighted by molar-refractivity contribution is -0.148. The second-order valence-corrected chi connectivity index (χ2v) is 7.64. The Balaban J connectivity index is 1.80. The molecular weight excluding hydrogens is 376 g/mol. The van der Waals surface area contributed by atoms with Gasteiger partial charge in [0.25, 0.3) is 0 Å². The van der Waals surface area contributed by atoms with Crippen LogP contribution in [-0.2, 0) is 19.1 Å². The van der Waals surface area contributed by atoms with Crippen LogP contribution in [0.15, 0.2) is 60.7 Å². The summed E-state index contributed by atoms with van der Waals surface area (Å²) in [5.41, 5.74) is 1.85. The molecule has 0 aliphatic heterocycles. The molecule has 1 unspecified atom stereocenters. The number of unbranched alkanes of at least 4 members (excludes halogenated alkanes) is 1.